The Bertz CT molecular complexity index is 280. The second kappa shape index (κ2) is 6.80. The van der Waals surface area contributed by atoms with Gasteiger partial charge in [-0.2, -0.15) is 0 Å². The van der Waals surface area contributed by atoms with E-state index in [2.05, 4.69) is 49.9 Å². The molecule has 1 aromatic rings. The number of H-pyrrole nitrogens is 1. The van der Waals surface area contributed by atoms with Gasteiger partial charge in [0.2, 0.25) is 0 Å². The molecule has 98 valence electrons. The minimum absolute atomic E-state index is 0.299. The highest BCUT2D eigenvalue weighted by atomic mass is 15.0. The zero-order valence-corrected chi connectivity index (χ0v) is 11.8. The molecular weight excluding hydrogens is 210 g/mol. The summed E-state index contributed by atoms with van der Waals surface area (Å²) in [6.07, 6.45) is 6.15. The van der Waals surface area contributed by atoms with Gasteiger partial charge in [0.25, 0.3) is 0 Å². The van der Waals surface area contributed by atoms with Crippen molar-refractivity contribution in [3.63, 3.8) is 0 Å². The maximum atomic E-state index is 4.31. The van der Waals surface area contributed by atoms with E-state index in [1.807, 2.05) is 12.4 Å². The summed E-state index contributed by atoms with van der Waals surface area (Å²) >= 11 is 0. The summed E-state index contributed by atoms with van der Waals surface area (Å²) in [7, 11) is 0. The Balaban J connectivity index is 2.52. The van der Waals surface area contributed by atoms with Gasteiger partial charge in [0.1, 0.15) is 5.82 Å². The van der Waals surface area contributed by atoms with E-state index in [9.17, 15) is 0 Å². The molecule has 0 aliphatic rings. The van der Waals surface area contributed by atoms with Crippen LogP contribution in [-0.2, 0) is 0 Å². The molecule has 0 fully saturated rings. The summed E-state index contributed by atoms with van der Waals surface area (Å²) in [5, 5.41) is 3.69. The maximum absolute atomic E-state index is 4.31. The molecule has 0 saturated heterocycles. The van der Waals surface area contributed by atoms with Crippen LogP contribution in [-0.4, -0.2) is 16.0 Å². The topological polar surface area (TPSA) is 40.7 Å². The molecule has 1 aromatic heterocycles. The molecule has 0 aliphatic heterocycles. The lowest BCUT2D eigenvalue weighted by atomic mass is 9.95. The summed E-state index contributed by atoms with van der Waals surface area (Å²) in [5.41, 5.74) is 0. The maximum Gasteiger partial charge on any atom is 0.122 e. The number of nitrogens with zero attached hydrogens (tertiary/aromatic N) is 1. The summed E-state index contributed by atoms with van der Waals surface area (Å²) in [6, 6.07) is 0.877. The first kappa shape index (κ1) is 14.2. The number of nitrogens with one attached hydrogen (secondary N) is 2. The van der Waals surface area contributed by atoms with Crippen molar-refractivity contribution >= 4 is 0 Å². The number of hydrogen-bond acceptors (Lipinski definition) is 2. The fourth-order valence-corrected chi connectivity index (χ4v) is 2.32. The highest BCUT2D eigenvalue weighted by Crippen LogP contribution is 2.17. The van der Waals surface area contributed by atoms with Crippen LogP contribution in [0.1, 0.15) is 59.3 Å². The van der Waals surface area contributed by atoms with Gasteiger partial charge in [-0.25, -0.2) is 4.98 Å². The lowest BCUT2D eigenvalue weighted by Gasteiger charge is -2.25. The predicted molar refractivity (Wildman–Crippen MR) is 72.8 cm³/mol. The molecule has 3 nitrogen and oxygen atoms in total. The second-order valence-corrected chi connectivity index (χ2v) is 5.82. The zero-order valence-electron chi connectivity index (χ0n) is 11.8. The van der Waals surface area contributed by atoms with Crippen LogP contribution < -0.4 is 5.32 Å². The van der Waals surface area contributed by atoms with E-state index in [-0.39, 0.29) is 0 Å². The van der Waals surface area contributed by atoms with Crippen molar-refractivity contribution in [3.8, 4) is 0 Å². The minimum atomic E-state index is 0.299. The van der Waals surface area contributed by atoms with Gasteiger partial charge in [0.05, 0.1) is 6.04 Å². The van der Waals surface area contributed by atoms with Crippen LogP contribution in [0.3, 0.4) is 0 Å². The van der Waals surface area contributed by atoms with E-state index in [1.165, 1.54) is 12.8 Å². The molecule has 17 heavy (non-hydrogen) atoms. The Morgan fingerprint density at radius 3 is 2.12 bits per heavy atom. The van der Waals surface area contributed by atoms with Crippen LogP contribution in [0, 0.1) is 11.8 Å². The SMILES string of the molecule is CC(C)CC(CC(C)C)NC(C)c1ncc[nH]1. The third kappa shape index (κ3) is 5.35. The highest BCUT2D eigenvalue weighted by Gasteiger charge is 2.17. The van der Waals surface area contributed by atoms with Crippen molar-refractivity contribution in [1.82, 2.24) is 15.3 Å². The van der Waals surface area contributed by atoms with Crippen molar-refractivity contribution in [3.05, 3.63) is 18.2 Å². The monoisotopic (exact) mass is 237 g/mol. The van der Waals surface area contributed by atoms with Gasteiger partial charge in [-0.3, -0.25) is 0 Å². The number of imidazole rings is 1. The number of aromatic nitrogens is 2. The number of hydrogen-bond donors (Lipinski definition) is 2. The van der Waals surface area contributed by atoms with Crippen LogP contribution in [0.2, 0.25) is 0 Å². The van der Waals surface area contributed by atoms with E-state index < -0.39 is 0 Å². The molecule has 3 heteroatoms. The quantitative estimate of drug-likeness (QED) is 0.761. The Morgan fingerprint density at radius 1 is 1.12 bits per heavy atom. The third-order valence-corrected chi connectivity index (χ3v) is 2.93. The fraction of sp³-hybridized carbons (Fsp3) is 0.786. The molecule has 0 saturated carbocycles. The minimum Gasteiger partial charge on any atom is -0.347 e. The number of rotatable bonds is 7. The summed E-state index contributed by atoms with van der Waals surface area (Å²) in [4.78, 5) is 7.48. The van der Waals surface area contributed by atoms with Crippen molar-refractivity contribution < 1.29 is 0 Å². The number of aromatic amines is 1. The van der Waals surface area contributed by atoms with Crippen molar-refractivity contribution in [2.75, 3.05) is 0 Å². The van der Waals surface area contributed by atoms with Gasteiger partial charge in [-0.15, -0.1) is 0 Å². The van der Waals surface area contributed by atoms with Crippen LogP contribution in [0.5, 0.6) is 0 Å². The summed E-state index contributed by atoms with van der Waals surface area (Å²) < 4.78 is 0. The predicted octanol–water partition coefficient (Wildman–Crippen LogP) is 3.52. The van der Waals surface area contributed by atoms with E-state index >= 15 is 0 Å². The Hall–Kier alpha value is -0.830. The highest BCUT2D eigenvalue weighted by molar-refractivity contribution is 4.94. The van der Waals surface area contributed by atoms with E-state index in [1.54, 1.807) is 0 Å². The molecule has 0 aromatic carbocycles. The molecule has 1 unspecified atom stereocenters. The fourth-order valence-electron chi connectivity index (χ4n) is 2.32. The average molecular weight is 237 g/mol. The largest absolute Gasteiger partial charge is 0.347 e. The van der Waals surface area contributed by atoms with E-state index in [4.69, 9.17) is 0 Å². The molecule has 1 atom stereocenters. The van der Waals surface area contributed by atoms with Crippen LogP contribution >= 0.6 is 0 Å². The van der Waals surface area contributed by atoms with Crippen LogP contribution in [0.25, 0.3) is 0 Å². The van der Waals surface area contributed by atoms with Crippen molar-refractivity contribution in [1.29, 1.82) is 0 Å². The smallest absolute Gasteiger partial charge is 0.122 e. The van der Waals surface area contributed by atoms with Crippen LogP contribution in [0.15, 0.2) is 12.4 Å². The normalized spacial score (nSPS) is 13.9. The Morgan fingerprint density at radius 2 is 1.71 bits per heavy atom. The van der Waals surface area contributed by atoms with Gasteiger partial charge in [-0.1, -0.05) is 27.7 Å². The molecule has 0 aliphatic carbocycles. The Labute approximate surface area is 105 Å². The first-order chi connectivity index (χ1) is 7.99. The molecule has 0 bridgehead atoms. The van der Waals surface area contributed by atoms with Crippen LogP contribution in [0.4, 0.5) is 0 Å². The van der Waals surface area contributed by atoms with E-state index in [0.717, 1.165) is 17.7 Å². The Kier molecular flexibility index (Phi) is 5.69. The van der Waals surface area contributed by atoms with Gasteiger partial charge < -0.3 is 10.3 Å². The molecule has 2 N–H and O–H groups in total. The third-order valence-electron chi connectivity index (χ3n) is 2.93. The molecule has 0 amide bonds. The second-order valence-electron chi connectivity index (χ2n) is 5.82. The van der Waals surface area contributed by atoms with Crippen molar-refractivity contribution in [2.45, 2.75) is 59.5 Å². The summed E-state index contributed by atoms with van der Waals surface area (Å²) in [6.45, 7) is 11.3. The van der Waals surface area contributed by atoms with Gasteiger partial charge in [0, 0.05) is 18.4 Å². The zero-order chi connectivity index (χ0) is 12.8. The molecule has 0 spiro atoms. The van der Waals surface area contributed by atoms with Gasteiger partial charge in [-0.05, 0) is 31.6 Å². The first-order valence-corrected chi connectivity index (χ1v) is 6.74. The average Bonchev–Trinajstić information content (AvgIpc) is 2.67. The lowest BCUT2D eigenvalue weighted by molar-refractivity contribution is 0.331. The molecule has 1 heterocycles. The first-order valence-electron chi connectivity index (χ1n) is 6.74. The molecule has 0 radical (unpaired) electrons. The van der Waals surface area contributed by atoms with Gasteiger partial charge in [0.15, 0.2) is 0 Å². The standard InChI is InChI=1S/C14H27N3/c1-10(2)8-13(9-11(3)4)17-12(5)14-15-6-7-16-14/h6-7,10-13,17H,8-9H2,1-5H3,(H,15,16). The van der Waals surface area contributed by atoms with E-state index in [0.29, 0.717) is 12.1 Å². The van der Waals surface area contributed by atoms with Crippen molar-refractivity contribution in [2.24, 2.45) is 11.8 Å². The lowest BCUT2D eigenvalue weighted by Crippen LogP contribution is -2.34. The van der Waals surface area contributed by atoms with Gasteiger partial charge >= 0.3 is 0 Å². The summed E-state index contributed by atoms with van der Waals surface area (Å²) in [5.74, 6) is 2.49. The molecule has 1 rings (SSSR count). The molecular formula is C14H27N3.